The Labute approximate surface area is 188 Å². The van der Waals surface area contributed by atoms with Crippen LogP contribution in [-0.4, -0.2) is 38.4 Å². The van der Waals surface area contributed by atoms with E-state index >= 15 is 0 Å². The molecule has 3 aromatic rings. The normalized spacial score (nSPS) is 23.0. The fraction of sp³-hybridized carbons (Fsp3) is 0.458. The molecule has 2 aromatic heterocycles. The molecule has 31 heavy (non-hydrogen) atoms. The van der Waals surface area contributed by atoms with Crippen molar-refractivity contribution in [3.63, 3.8) is 0 Å². The Balaban J connectivity index is 1.39. The molecule has 1 aliphatic heterocycles. The smallest absolute Gasteiger partial charge is 0.213 e. The van der Waals surface area contributed by atoms with Crippen molar-refractivity contribution < 1.29 is 4.74 Å². The number of fused-ring (bicyclic) bond motifs is 3. The largest absolute Gasteiger partial charge is 0.474 e. The maximum atomic E-state index is 6.35. The van der Waals surface area contributed by atoms with Crippen LogP contribution in [0.25, 0.3) is 5.69 Å². The summed E-state index contributed by atoms with van der Waals surface area (Å²) in [5.74, 6) is 3.20. The van der Waals surface area contributed by atoms with Crippen molar-refractivity contribution in [2.24, 2.45) is 0 Å². The number of ether oxygens (including phenoxy) is 1. The zero-order valence-corrected chi connectivity index (χ0v) is 18.6. The highest BCUT2D eigenvalue weighted by molar-refractivity contribution is 6.30. The van der Waals surface area contributed by atoms with Crippen molar-refractivity contribution in [1.29, 1.82) is 0 Å². The summed E-state index contributed by atoms with van der Waals surface area (Å²) < 4.78 is 8.39. The third-order valence-corrected chi connectivity index (χ3v) is 6.63. The molecule has 0 amide bonds. The van der Waals surface area contributed by atoms with Gasteiger partial charge in [0.1, 0.15) is 17.8 Å². The lowest BCUT2D eigenvalue weighted by atomic mass is 9.86. The summed E-state index contributed by atoms with van der Waals surface area (Å²) in [5.41, 5.74) is 2.43. The summed E-state index contributed by atoms with van der Waals surface area (Å²) >= 11 is 6.35. The number of hydrogen-bond donors (Lipinski definition) is 1. The molecule has 1 fully saturated rings. The van der Waals surface area contributed by atoms with Gasteiger partial charge in [0.25, 0.3) is 0 Å². The number of aromatic nitrogens is 4. The van der Waals surface area contributed by atoms with E-state index in [4.69, 9.17) is 16.3 Å². The van der Waals surface area contributed by atoms with Crippen LogP contribution >= 0.6 is 11.6 Å². The fourth-order valence-electron chi connectivity index (χ4n) is 4.94. The third-order valence-electron chi connectivity index (χ3n) is 6.39. The molecule has 7 heteroatoms. The quantitative estimate of drug-likeness (QED) is 0.636. The highest BCUT2D eigenvalue weighted by atomic mass is 35.5. The summed E-state index contributed by atoms with van der Waals surface area (Å²) in [7, 11) is 0. The first-order chi connectivity index (χ1) is 15.2. The molecule has 1 atom stereocenters. The Morgan fingerprint density at radius 1 is 1.10 bits per heavy atom. The molecule has 2 aliphatic rings. The number of hydrogen-bond acceptors (Lipinski definition) is 5. The van der Waals surface area contributed by atoms with Crippen LogP contribution in [0.4, 0.5) is 0 Å². The first-order valence-corrected chi connectivity index (χ1v) is 11.6. The number of nitrogens with zero attached hydrogens (tertiary/aromatic N) is 4. The van der Waals surface area contributed by atoms with Crippen LogP contribution in [0.15, 0.2) is 42.6 Å². The second-order valence-electron chi connectivity index (χ2n) is 8.51. The van der Waals surface area contributed by atoms with Crippen LogP contribution in [0.1, 0.15) is 55.7 Å². The van der Waals surface area contributed by atoms with E-state index in [1.54, 1.807) is 6.20 Å². The van der Waals surface area contributed by atoms with E-state index in [9.17, 15) is 0 Å². The number of nitrogens with one attached hydrogen (secondary N) is 1. The van der Waals surface area contributed by atoms with Gasteiger partial charge in [0.2, 0.25) is 5.88 Å². The third kappa shape index (κ3) is 4.32. The second-order valence-corrected chi connectivity index (χ2v) is 8.94. The first-order valence-electron chi connectivity index (χ1n) is 11.2. The number of pyridine rings is 1. The van der Waals surface area contributed by atoms with Gasteiger partial charge in [-0.2, -0.15) is 0 Å². The molecule has 3 heterocycles. The molecule has 1 saturated carbocycles. The van der Waals surface area contributed by atoms with E-state index < -0.39 is 0 Å². The number of rotatable bonds is 5. The van der Waals surface area contributed by atoms with E-state index in [1.807, 2.05) is 24.3 Å². The average molecular weight is 438 g/mol. The Morgan fingerprint density at radius 3 is 2.74 bits per heavy atom. The summed E-state index contributed by atoms with van der Waals surface area (Å²) in [6.45, 7) is 3.08. The van der Waals surface area contributed by atoms with Crippen molar-refractivity contribution in [1.82, 2.24) is 25.1 Å². The van der Waals surface area contributed by atoms with Gasteiger partial charge in [-0.25, -0.2) is 4.98 Å². The van der Waals surface area contributed by atoms with E-state index in [2.05, 4.69) is 44.1 Å². The summed E-state index contributed by atoms with van der Waals surface area (Å²) in [6.07, 6.45) is 7.86. The van der Waals surface area contributed by atoms with Gasteiger partial charge in [-0.3, -0.25) is 4.57 Å². The topological polar surface area (TPSA) is 64.9 Å². The van der Waals surface area contributed by atoms with Gasteiger partial charge in [0.15, 0.2) is 0 Å². The van der Waals surface area contributed by atoms with Gasteiger partial charge in [-0.05, 0) is 68.5 Å². The molecule has 0 bridgehead atoms. The number of halogens is 1. The maximum Gasteiger partial charge on any atom is 0.213 e. The lowest BCUT2D eigenvalue weighted by Gasteiger charge is -2.28. The monoisotopic (exact) mass is 437 g/mol. The Morgan fingerprint density at radius 2 is 1.97 bits per heavy atom. The molecule has 0 spiro atoms. The lowest BCUT2D eigenvalue weighted by molar-refractivity contribution is 0.139. The zero-order chi connectivity index (χ0) is 21.2. The van der Waals surface area contributed by atoms with Crippen molar-refractivity contribution in [3.05, 3.63) is 64.8 Å². The summed E-state index contributed by atoms with van der Waals surface area (Å²) in [5, 5.41) is 13.7. The van der Waals surface area contributed by atoms with Gasteiger partial charge >= 0.3 is 0 Å². The van der Waals surface area contributed by atoms with E-state index in [0.717, 1.165) is 61.7 Å². The molecule has 6 nitrogen and oxygen atoms in total. The molecule has 1 aromatic carbocycles. The van der Waals surface area contributed by atoms with Crippen LogP contribution in [0.3, 0.4) is 0 Å². The van der Waals surface area contributed by atoms with Gasteiger partial charge < -0.3 is 10.1 Å². The standard InChI is InChI=1S/C24H28ClN5O/c1-2-26-19-14-17-13-18(25)8-11-21(17)30-22(15-19)28-29-24(30)16-6-9-20(10-7-16)31-23-5-3-4-12-27-23/h3-5,8,11-13,16,19-20,26H,2,6-7,9-10,14-15H2,1H3/t16?,19-,20?/m0/s1. The lowest BCUT2D eigenvalue weighted by Crippen LogP contribution is -2.32. The van der Waals surface area contributed by atoms with Gasteiger partial charge in [-0.1, -0.05) is 24.6 Å². The summed E-state index contributed by atoms with van der Waals surface area (Å²) in [6, 6.07) is 12.3. The zero-order valence-electron chi connectivity index (χ0n) is 17.8. The first kappa shape index (κ1) is 20.5. The fourth-order valence-corrected chi connectivity index (χ4v) is 5.14. The second kappa shape index (κ2) is 8.97. The predicted molar refractivity (Wildman–Crippen MR) is 121 cm³/mol. The molecule has 162 valence electrons. The van der Waals surface area contributed by atoms with Crippen LogP contribution < -0.4 is 10.1 Å². The van der Waals surface area contributed by atoms with Gasteiger partial charge in [0, 0.05) is 35.7 Å². The molecular weight excluding hydrogens is 410 g/mol. The van der Waals surface area contributed by atoms with E-state index in [0.29, 0.717) is 17.8 Å². The van der Waals surface area contributed by atoms with Gasteiger partial charge in [0.05, 0.1) is 5.69 Å². The minimum atomic E-state index is 0.210. The Bertz CT molecular complexity index is 1030. The van der Waals surface area contributed by atoms with E-state index in [-0.39, 0.29) is 6.10 Å². The van der Waals surface area contributed by atoms with Crippen molar-refractivity contribution in [3.8, 4) is 11.6 Å². The van der Waals surface area contributed by atoms with Gasteiger partial charge in [-0.15, -0.1) is 10.2 Å². The van der Waals surface area contributed by atoms with Crippen LogP contribution in [0, 0.1) is 0 Å². The minimum Gasteiger partial charge on any atom is -0.474 e. The SMILES string of the molecule is CCN[C@H]1Cc2cc(Cl)ccc2-n2c(nnc2C2CCC(Oc3ccccn3)CC2)C1. The highest BCUT2D eigenvalue weighted by Gasteiger charge is 2.31. The minimum absolute atomic E-state index is 0.210. The van der Waals surface area contributed by atoms with Crippen molar-refractivity contribution >= 4 is 11.6 Å². The number of likely N-dealkylation sites (N-methyl/N-ethyl adjacent to an activating group) is 1. The molecular formula is C24H28ClN5O. The molecule has 1 N–H and O–H groups in total. The maximum absolute atomic E-state index is 6.35. The molecule has 5 rings (SSSR count). The summed E-state index contributed by atoms with van der Waals surface area (Å²) in [4.78, 5) is 4.30. The van der Waals surface area contributed by atoms with Crippen LogP contribution in [0.5, 0.6) is 5.88 Å². The molecule has 1 aliphatic carbocycles. The molecule has 0 radical (unpaired) electrons. The predicted octanol–water partition coefficient (Wildman–Crippen LogP) is 4.50. The average Bonchev–Trinajstić information content (AvgIpc) is 3.12. The highest BCUT2D eigenvalue weighted by Crippen LogP contribution is 2.36. The van der Waals surface area contributed by atoms with Crippen molar-refractivity contribution in [2.45, 2.75) is 63.5 Å². The molecule has 0 saturated heterocycles. The number of benzene rings is 1. The Kier molecular flexibility index (Phi) is 5.92. The Hall–Kier alpha value is -2.44. The van der Waals surface area contributed by atoms with Crippen LogP contribution in [0.2, 0.25) is 5.02 Å². The molecule has 0 unspecified atom stereocenters. The van der Waals surface area contributed by atoms with Crippen LogP contribution in [-0.2, 0) is 12.8 Å². The van der Waals surface area contributed by atoms with Crippen molar-refractivity contribution in [2.75, 3.05) is 6.54 Å². The van der Waals surface area contributed by atoms with E-state index in [1.165, 1.54) is 11.3 Å².